The van der Waals surface area contributed by atoms with Crippen molar-refractivity contribution in [3.8, 4) is 0 Å². The topological polar surface area (TPSA) is 88.5 Å². The van der Waals surface area contributed by atoms with E-state index in [9.17, 15) is 18.0 Å². The van der Waals surface area contributed by atoms with Crippen molar-refractivity contribution in [2.75, 3.05) is 18.4 Å². The van der Waals surface area contributed by atoms with E-state index < -0.39 is 15.9 Å². The largest absolute Gasteiger partial charge is 0.326 e. The molecule has 4 rings (SSSR count). The van der Waals surface area contributed by atoms with Crippen molar-refractivity contribution >= 4 is 54.8 Å². The summed E-state index contributed by atoms with van der Waals surface area (Å²) in [6.07, 6.45) is 1.21. The molecular formula is C21H22ClN3O4S2. The summed E-state index contributed by atoms with van der Waals surface area (Å²) in [7, 11) is -3.69. The molecule has 164 valence electrons. The Labute approximate surface area is 189 Å². The molecule has 1 amide bonds. The van der Waals surface area contributed by atoms with Crippen LogP contribution in [0, 0.1) is 5.92 Å². The van der Waals surface area contributed by atoms with Crippen LogP contribution in [0.25, 0.3) is 10.2 Å². The number of fused-ring (bicyclic) bond motifs is 1. The van der Waals surface area contributed by atoms with Crippen LogP contribution in [0.4, 0.5) is 5.69 Å². The molecule has 10 heteroatoms. The number of thiazole rings is 1. The van der Waals surface area contributed by atoms with E-state index in [0.717, 1.165) is 21.6 Å². The van der Waals surface area contributed by atoms with Gasteiger partial charge in [0.05, 0.1) is 21.0 Å². The Morgan fingerprint density at radius 1 is 1.23 bits per heavy atom. The Morgan fingerprint density at radius 3 is 2.68 bits per heavy atom. The summed E-state index contributed by atoms with van der Waals surface area (Å²) in [4.78, 5) is 25.0. The molecule has 1 atom stereocenters. The molecule has 1 unspecified atom stereocenters. The predicted molar refractivity (Wildman–Crippen MR) is 123 cm³/mol. The second-order valence-corrected chi connectivity index (χ2v) is 10.8. The molecule has 0 saturated carbocycles. The molecule has 0 bridgehead atoms. The maximum atomic E-state index is 13.0. The number of aromatic nitrogens is 1. The lowest BCUT2D eigenvalue weighted by Gasteiger charge is -2.31. The Kier molecular flexibility index (Phi) is 6.20. The molecule has 7 nitrogen and oxygen atoms in total. The Hall–Kier alpha value is -2.20. The van der Waals surface area contributed by atoms with Gasteiger partial charge in [0.15, 0.2) is 0 Å². The van der Waals surface area contributed by atoms with Crippen molar-refractivity contribution < 1.29 is 13.2 Å². The highest BCUT2D eigenvalue weighted by Crippen LogP contribution is 2.27. The molecular weight excluding hydrogens is 458 g/mol. The van der Waals surface area contributed by atoms with Gasteiger partial charge in [-0.05, 0) is 62.2 Å². The Bertz CT molecular complexity index is 1280. The number of piperidine rings is 1. The van der Waals surface area contributed by atoms with Gasteiger partial charge in [-0.3, -0.25) is 14.2 Å². The van der Waals surface area contributed by atoms with Crippen LogP contribution in [0.1, 0.15) is 19.8 Å². The van der Waals surface area contributed by atoms with Crippen molar-refractivity contribution in [1.82, 2.24) is 8.87 Å². The van der Waals surface area contributed by atoms with Gasteiger partial charge in [-0.1, -0.05) is 22.9 Å². The number of hydrogen-bond donors (Lipinski definition) is 1. The molecule has 0 spiro atoms. The predicted octanol–water partition coefficient (Wildman–Crippen LogP) is 3.78. The van der Waals surface area contributed by atoms with E-state index in [1.807, 2.05) is 13.0 Å². The third kappa shape index (κ3) is 4.41. The molecule has 0 aliphatic carbocycles. The summed E-state index contributed by atoms with van der Waals surface area (Å²) >= 11 is 7.01. The number of sulfonamides is 1. The van der Waals surface area contributed by atoms with Crippen LogP contribution >= 0.6 is 22.9 Å². The number of rotatable bonds is 5. The summed E-state index contributed by atoms with van der Waals surface area (Å²) < 4.78 is 29.8. The number of aryl methyl sites for hydroxylation is 1. The average molecular weight is 480 g/mol. The number of benzene rings is 2. The van der Waals surface area contributed by atoms with E-state index in [1.165, 1.54) is 16.4 Å². The summed E-state index contributed by atoms with van der Waals surface area (Å²) in [5.74, 6) is -0.678. The number of halogens is 1. The van der Waals surface area contributed by atoms with Crippen LogP contribution in [-0.2, 0) is 21.4 Å². The average Bonchev–Trinajstić information content (AvgIpc) is 3.08. The zero-order valence-corrected chi connectivity index (χ0v) is 19.3. The number of anilines is 1. The van der Waals surface area contributed by atoms with E-state index in [0.29, 0.717) is 36.6 Å². The Balaban J connectivity index is 1.49. The van der Waals surface area contributed by atoms with Gasteiger partial charge in [0, 0.05) is 30.3 Å². The minimum Gasteiger partial charge on any atom is -0.326 e. The fraction of sp³-hybridized carbons (Fsp3) is 0.333. The van der Waals surface area contributed by atoms with Crippen LogP contribution in [0.5, 0.6) is 0 Å². The van der Waals surface area contributed by atoms with Gasteiger partial charge in [-0.2, -0.15) is 4.31 Å². The first kappa shape index (κ1) is 22.0. The highest BCUT2D eigenvalue weighted by atomic mass is 35.5. The molecule has 2 heterocycles. The summed E-state index contributed by atoms with van der Waals surface area (Å²) in [6, 6.07) is 11.4. The second-order valence-electron chi connectivity index (χ2n) is 7.44. The van der Waals surface area contributed by atoms with E-state index in [4.69, 9.17) is 11.6 Å². The van der Waals surface area contributed by atoms with Crippen molar-refractivity contribution in [3.05, 3.63) is 57.2 Å². The van der Waals surface area contributed by atoms with Gasteiger partial charge in [0.2, 0.25) is 15.9 Å². The molecule has 1 aromatic heterocycles. The summed E-state index contributed by atoms with van der Waals surface area (Å²) in [5.41, 5.74) is 1.44. The lowest BCUT2D eigenvalue weighted by Crippen LogP contribution is -2.43. The highest BCUT2D eigenvalue weighted by Gasteiger charge is 2.33. The fourth-order valence-electron chi connectivity index (χ4n) is 3.82. The van der Waals surface area contributed by atoms with Gasteiger partial charge in [-0.15, -0.1) is 0 Å². The molecule has 1 saturated heterocycles. The molecule has 1 fully saturated rings. The monoisotopic (exact) mass is 479 g/mol. The first-order chi connectivity index (χ1) is 14.8. The standard InChI is InChI=1S/C21H22ClN3O4S2/c1-2-25-18-10-7-16(12-19(18)30-21(25)27)23-20(26)14-4-3-11-24(13-14)31(28,29)17-8-5-15(22)6-9-17/h5-10,12,14H,2-4,11,13H2,1H3,(H,23,26). The van der Waals surface area contributed by atoms with E-state index >= 15 is 0 Å². The van der Waals surface area contributed by atoms with Gasteiger partial charge >= 0.3 is 4.87 Å². The lowest BCUT2D eigenvalue weighted by atomic mass is 9.98. The maximum Gasteiger partial charge on any atom is 0.308 e. The van der Waals surface area contributed by atoms with E-state index in [-0.39, 0.29) is 22.2 Å². The minimum atomic E-state index is -3.69. The number of nitrogens with zero attached hydrogens (tertiary/aromatic N) is 2. The van der Waals surface area contributed by atoms with Gasteiger partial charge in [0.25, 0.3) is 0 Å². The van der Waals surface area contributed by atoms with Crippen molar-refractivity contribution in [3.63, 3.8) is 0 Å². The first-order valence-electron chi connectivity index (χ1n) is 9.99. The molecule has 1 N–H and O–H groups in total. The van der Waals surface area contributed by atoms with Crippen LogP contribution in [0.2, 0.25) is 5.02 Å². The first-order valence-corrected chi connectivity index (χ1v) is 12.6. The third-order valence-corrected chi connectivity index (χ3v) is 8.53. The second kappa shape index (κ2) is 8.74. The number of hydrogen-bond acceptors (Lipinski definition) is 5. The molecule has 2 aromatic carbocycles. The maximum absolute atomic E-state index is 13.0. The number of carbonyl (C=O) groups is 1. The summed E-state index contributed by atoms with van der Waals surface area (Å²) in [6.45, 7) is 3.00. The number of amides is 1. The zero-order valence-electron chi connectivity index (χ0n) is 16.9. The van der Waals surface area contributed by atoms with Crippen LogP contribution in [-0.4, -0.2) is 36.3 Å². The van der Waals surface area contributed by atoms with Crippen molar-refractivity contribution in [2.45, 2.75) is 31.2 Å². The van der Waals surface area contributed by atoms with Crippen LogP contribution < -0.4 is 10.2 Å². The van der Waals surface area contributed by atoms with Crippen molar-refractivity contribution in [1.29, 1.82) is 0 Å². The SMILES string of the molecule is CCn1c(=O)sc2cc(NC(=O)C3CCCN(S(=O)(=O)c4ccc(Cl)cc4)C3)ccc21. The fourth-order valence-corrected chi connectivity index (χ4v) is 6.46. The van der Waals surface area contributed by atoms with Crippen molar-refractivity contribution in [2.24, 2.45) is 5.92 Å². The quantitative estimate of drug-likeness (QED) is 0.603. The van der Waals surface area contributed by atoms with E-state index in [2.05, 4.69) is 5.32 Å². The van der Waals surface area contributed by atoms with Crippen LogP contribution in [0.15, 0.2) is 52.2 Å². The zero-order chi connectivity index (χ0) is 22.2. The number of carbonyl (C=O) groups excluding carboxylic acids is 1. The molecule has 1 aliphatic rings. The smallest absolute Gasteiger partial charge is 0.308 e. The highest BCUT2D eigenvalue weighted by molar-refractivity contribution is 7.89. The van der Waals surface area contributed by atoms with Gasteiger partial charge in [0.1, 0.15) is 0 Å². The molecule has 3 aromatic rings. The molecule has 0 radical (unpaired) electrons. The van der Waals surface area contributed by atoms with E-state index in [1.54, 1.807) is 28.8 Å². The molecule has 1 aliphatic heterocycles. The van der Waals surface area contributed by atoms with Gasteiger partial charge in [-0.25, -0.2) is 8.42 Å². The Morgan fingerprint density at radius 2 is 1.97 bits per heavy atom. The number of nitrogens with one attached hydrogen (secondary N) is 1. The third-order valence-electron chi connectivity index (χ3n) is 5.46. The normalized spacial score (nSPS) is 17.7. The molecule has 31 heavy (non-hydrogen) atoms. The van der Waals surface area contributed by atoms with Crippen LogP contribution in [0.3, 0.4) is 0 Å². The summed E-state index contributed by atoms with van der Waals surface area (Å²) in [5, 5.41) is 3.35. The lowest BCUT2D eigenvalue weighted by molar-refractivity contribution is -0.120. The van der Waals surface area contributed by atoms with Gasteiger partial charge < -0.3 is 5.32 Å². The minimum absolute atomic E-state index is 0.0312.